The summed E-state index contributed by atoms with van der Waals surface area (Å²) >= 11 is 0. The Kier molecular flexibility index (Phi) is 4.18. The summed E-state index contributed by atoms with van der Waals surface area (Å²) in [5, 5.41) is 14.0. The van der Waals surface area contributed by atoms with Crippen LogP contribution in [0.2, 0.25) is 0 Å². The summed E-state index contributed by atoms with van der Waals surface area (Å²) in [6, 6.07) is 2.81. The van der Waals surface area contributed by atoms with Crippen LogP contribution in [0.1, 0.15) is 50.3 Å². The Bertz CT molecular complexity index is 398. The van der Waals surface area contributed by atoms with Gasteiger partial charge in [0.1, 0.15) is 0 Å². The standard InChI is InChI=1S/C15H25N3O/c19-12-13-4-3-8-17(10-13)11-14-7-9-18(16-14)15-5-1-2-6-15/h7,9,13,15,19H,1-6,8,10-12H2. The van der Waals surface area contributed by atoms with Gasteiger partial charge in [0.15, 0.2) is 0 Å². The van der Waals surface area contributed by atoms with Gasteiger partial charge in [-0.05, 0) is 44.2 Å². The molecule has 1 aromatic heterocycles. The van der Waals surface area contributed by atoms with E-state index in [2.05, 4.69) is 21.8 Å². The van der Waals surface area contributed by atoms with Crippen molar-refractivity contribution in [2.24, 2.45) is 5.92 Å². The minimum Gasteiger partial charge on any atom is -0.396 e. The van der Waals surface area contributed by atoms with Crippen molar-refractivity contribution in [1.29, 1.82) is 0 Å². The smallest absolute Gasteiger partial charge is 0.0764 e. The van der Waals surface area contributed by atoms with E-state index in [4.69, 9.17) is 5.10 Å². The predicted molar refractivity (Wildman–Crippen MR) is 74.8 cm³/mol. The van der Waals surface area contributed by atoms with Gasteiger partial charge in [-0.3, -0.25) is 9.58 Å². The molecule has 0 aromatic carbocycles. The molecule has 0 radical (unpaired) electrons. The second-order valence-electron chi connectivity index (χ2n) is 6.15. The molecule has 4 heteroatoms. The number of aliphatic hydroxyl groups excluding tert-OH is 1. The monoisotopic (exact) mass is 263 g/mol. The Morgan fingerprint density at radius 2 is 2.05 bits per heavy atom. The first-order valence-corrected chi connectivity index (χ1v) is 7.72. The third kappa shape index (κ3) is 3.18. The van der Waals surface area contributed by atoms with Gasteiger partial charge in [-0.1, -0.05) is 12.8 Å². The van der Waals surface area contributed by atoms with Crippen molar-refractivity contribution < 1.29 is 5.11 Å². The van der Waals surface area contributed by atoms with Crippen molar-refractivity contribution in [3.05, 3.63) is 18.0 Å². The highest BCUT2D eigenvalue weighted by atomic mass is 16.3. The maximum absolute atomic E-state index is 9.28. The molecule has 1 saturated heterocycles. The minimum atomic E-state index is 0.326. The molecule has 1 aromatic rings. The molecule has 106 valence electrons. The van der Waals surface area contributed by atoms with Crippen molar-refractivity contribution in [3.63, 3.8) is 0 Å². The number of likely N-dealkylation sites (tertiary alicyclic amines) is 1. The normalized spacial score (nSPS) is 26.1. The zero-order valence-corrected chi connectivity index (χ0v) is 11.7. The largest absolute Gasteiger partial charge is 0.396 e. The first kappa shape index (κ1) is 13.1. The van der Waals surface area contributed by atoms with E-state index < -0.39 is 0 Å². The first-order valence-electron chi connectivity index (χ1n) is 7.72. The lowest BCUT2D eigenvalue weighted by molar-refractivity contribution is 0.114. The topological polar surface area (TPSA) is 41.3 Å². The van der Waals surface area contributed by atoms with Gasteiger partial charge in [0.25, 0.3) is 0 Å². The number of piperidine rings is 1. The van der Waals surface area contributed by atoms with Crippen LogP contribution in [0.3, 0.4) is 0 Å². The number of rotatable bonds is 4. The summed E-state index contributed by atoms with van der Waals surface area (Å²) < 4.78 is 2.18. The van der Waals surface area contributed by atoms with Crippen molar-refractivity contribution >= 4 is 0 Å². The number of aromatic nitrogens is 2. The highest BCUT2D eigenvalue weighted by Gasteiger charge is 2.21. The number of hydrogen-bond acceptors (Lipinski definition) is 3. The molecule has 2 fully saturated rings. The van der Waals surface area contributed by atoms with Gasteiger partial charge in [0, 0.05) is 25.9 Å². The molecule has 1 aliphatic heterocycles. The van der Waals surface area contributed by atoms with Gasteiger partial charge < -0.3 is 5.11 Å². The zero-order valence-electron chi connectivity index (χ0n) is 11.7. The van der Waals surface area contributed by atoms with Gasteiger partial charge in [-0.2, -0.15) is 5.10 Å². The second-order valence-corrected chi connectivity index (χ2v) is 6.15. The predicted octanol–water partition coefficient (Wildman–Crippen LogP) is 2.20. The van der Waals surface area contributed by atoms with Crippen LogP contribution in [0.15, 0.2) is 12.3 Å². The van der Waals surface area contributed by atoms with E-state index in [0.29, 0.717) is 18.6 Å². The number of nitrogens with zero attached hydrogens (tertiary/aromatic N) is 3. The van der Waals surface area contributed by atoms with E-state index in [0.717, 1.165) is 19.6 Å². The molecule has 0 bridgehead atoms. The minimum absolute atomic E-state index is 0.326. The summed E-state index contributed by atoms with van der Waals surface area (Å²) in [6.45, 7) is 3.43. The van der Waals surface area contributed by atoms with Crippen LogP contribution in [0, 0.1) is 5.92 Å². The van der Waals surface area contributed by atoms with Crippen molar-refractivity contribution in [3.8, 4) is 0 Å². The number of hydrogen-bond donors (Lipinski definition) is 1. The fourth-order valence-corrected chi connectivity index (χ4v) is 3.51. The van der Waals surface area contributed by atoms with E-state index in [9.17, 15) is 5.11 Å². The molecule has 1 N–H and O–H groups in total. The lowest BCUT2D eigenvalue weighted by atomic mass is 9.99. The average molecular weight is 263 g/mol. The maximum atomic E-state index is 9.28. The van der Waals surface area contributed by atoms with E-state index in [1.165, 1.54) is 44.2 Å². The Labute approximate surface area is 115 Å². The first-order chi connectivity index (χ1) is 9.35. The average Bonchev–Trinajstić information content (AvgIpc) is 3.09. The van der Waals surface area contributed by atoms with Gasteiger partial charge in [0.05, 0.1) is 11.7 Å². The van der Waals surface area contributed by atoms with Gasteiger partial charge in [-0.25, -0.2) is 0 Å². The molecule has 2 heterocycles. The second kappa shape index (κ2) is 6.06. The molecule has 0 spiro atoms. The molecule has 1 saturated carbocycles. The van der Waals surface area contributed by atoms with Crippen molar-refractivity contribution in [2.75, 3.05) is 19.7 Å². The van der Waals surface area contributed by atoms with E-state index in [1.807, 2.05) is 0 Å². The Balaban J connectivity index is 1.57. The quantitative estimate of drug-likeness (QED) is 0.905. The molecule has 2 aliphatic rings. The van der Waals surface area contributed by atoms with Crippen LogP contribution in [0.4, 0.5) is 0 Å². The van der Waals surface area contributed by atoms with Crippen LogP contribution in [-0.4, -0.2) is 39.5 Å². The Morgan fingerprint density at radius 3 is 2.84 bits per heavy atom. The highest BCUT2D eigenvalue weighted by molar-refractivity contribution is 5.00. The molecule has 4 nitrogen and oxygen atoms in total. The molecule has 1 unspecified atom stereocenters. The molecule has 3 rings (SSSR count). The van der Waals surface area contributed by atoms with Gasteiger partial charge in [0.2, 0.25) is 0 Å². The fourth-order valence-electron chi connectivity index (χ4n) is 3.51. The lowest BCUT2D eigenvalue weighted by Gasteiger charge is -2.31. The summed E-state index contributed by atoms with van der Waals surface area (Å²) in [5.74, 6) is 0.464. The third-order valence-electron chi connectivity index (χ3n) is 4.61. The highest BCUT2D eigenvalue weighted by Crippen LogP contribution is 2.28. The fraction of sp³-hybridized carbons (Fsp3) is 0.800. The number of aliphatic hydroxyl groups is 1. The molecule has 19 heavy (non-hydrogen) atoms. The molecular formula is C15H25N3O. The SMILES string of the molecule is OCC1CCCN(Cc2ccn(C3CCCC3)n2)C1. The van der Waals surface area contributed by atoms with E-state index >= 15 is 0 Å². The summed E-state index contributed by atoms with van der Waals surface area (Å²) in [6.07, 6.45) is 9.81. The lowest BCUT2D eigenvalue weighted by Crippen LogP contribution is -2.36. The van der Waals surface area contributed by atoms with Crippen LogP contribution in [0.25, 0.3) is 0 Å². The Hall–Kier alpha value is -0.870. The van der Waals surface area contributed by atoms with Gasteiger partial charge >= 0.3 is 0 Å². The van der Waals surface area contributed by atoms with Crippen LogP contribution < -0.4 is 0 Å². The molecule has 1 atom stereocenters. The van der Waals surface area contributed by atoms with Crippen molar-refractivity contribution in [1.82, 2.24) is 14.7 Å². The van der Waals surface area contributed by atoms with E-state index in [1.54, 1.807) is 0 Å². The van der Waals surface area contributed by atoms with Crippen LogP contribution in [0.5, 0.6) is 0 Å². The Morgan fingerprint density at radius 1 is 1.21 bits per heavy atom. The molecular weight excluding hydrogens is 238 g/mol. The summed E-state index contributed by atoms with van der Waals surface area (Å²) in [5.41, 5.74) is 1.19. The van der Waals surface area contributed by atoms with Crippen molar-refractivity contribution in [2.45, 2.75) is 51.1 Å². The molecule has 1 aliphatic carbocycles. The summed E-state index contributed by atoms with van der Waals surface area (Å²) in [7, 11) is 0. The van der Waals surface area contributed by atoms with Crippen LogP contribution >= 0.6 is 0 Å². The summed E-state index contributed by atoms with van der Waals surface area (Å²) in [4.78, 5) is 2.44. The maximum Gasteiger partial charge on any atom is 0.0764 e. The van der Waals surface area contributed by atoms with Gasteiger partial charge in [-0.15, -0.1) is 0 Å². The third-order valence-corrected chi connectivity index (χ3v) is 4.61. The van der Waals surface area contributed by atoms with Crippen LogP contribution in [-0.2, 0) is 6.54 Å². The zero-order chi connectivity index (χ0) is 13.1. The molecule has 0 amide bonds. The van der Waals surface area contributed by atoms with E-state index in [-0.39, 0.29) is 0 Å².